The summed E-state index contributed by atoms with van der Waals surface area (Å²) in [5.41, 5.74) is 1.36. The zero-order valence-corrected chi connectivity index (χ0v) is 18.4. The third-order valence-electron chi connectivity index (χ3n) is 4.28. The number of aromatic nitrogens is 2. The Morgan fingerprint density at radius 2 is 2.06 bits per heavy atom. The molecule has 0 aliphatic rings. The lowest BCUT2D eigenvalue weighted by Crippen LogP contribution is -2.19. The zero-order valence-electron chi connectivity index (χ0n) is 16.8. The van der Waals surface area contributed by atoms with E-state index in [9.17, 15) is 30.1 Å². The second-order valence-electron chi connectivity index (χ2n) is 6.49. The lowest BCUT2D eigenvalue weighted by molar-refractivity contribution is -0.385. The number of carbonyl (C=O) groups excluding carboxylic acids is 1. The third kappa shape index (κ3) is 5.48. The standard InChI is InChI=1S/C19H15BrN6O7/c1-33-16-7-14(25(29)30)6-12(18(16)27)8-21-22-19(28)17-15(26(31)32)10-24(23-17)9-11-3-2-4-13(20)5-11/h2-8,10,27H,9H2,1H3,(H,22,28)/b21-8+. The number of benzene rings is 2. The van der Waals surface area contributed by atoms with Crippen LogP contribution in [-0.4, -0.2) is 44.0 Å². The smallest absolute Gasteiger partial charge is 0.320 e. The Kier molecular flexibility index (Phi) is 6.97. The summed E-state index contributed by atoms with van der Waals surface area (Å²) >= 11 is 3.33. The number of non-ortho nitro benzene ring substituents is 1. The first-order chi connectivity index (χ1) is 15.7. The van der Waals surface area contributed by atoms with Crippen molar-refractivity contribution in [1.29, 1.82) is 0 Å². The van der Waals surface area contributed by atoms with Gasteiger partial charge >= 0.3 is 5.69 Å². The van der Waals surface area contributed by atoms with Crippen LogP contribution in [0.2, 0.25) is 0 Å². The highest BCUT2D eigenvalue weighted by atomic mass is 79.9. The molecule has 0 fully saturated rings. The van der Waals surface area contributed by atoms with Crippen LogP contribution in [0.3, 0.4) is 0 Å². The van der Waals surface area contributed by atoms with E-state index in [2.05, 4.69) is 31.6 Å². The van der Waals surface area contributed by atoms with E-state index >= 15 is 0 Å². The van der Waals surface area contributed by atoms with Gasteiger partial charge < -0.3 is 9.84 Å². The molecule has 2 aromatic carbocycles. The number of aromatic hydroxyl groups is 1. The van der Waals surface area contributed by atoms with Crippen LogP contribution in [0.5, 0.6) is 11.5 Å². The number of ether oxygens (including phenoxy) is 1. The van der Waals surface area contributed by atoms with Gasteiger partial charge in [-0.2, -0.15) is 10.2 Å². The van der Waals surface area contributed by atoms with Gasteiger partial charge in [0.05, 0.1) is 35.8 Å². The van der Waals surface area contributed by atoms with Gasteiger partial charge in [0.15, 0.2) is 11.5 Å². The van der Waals surface area contributed by atoms with Crippen molar-refractivity contribution in [3.63, 3.8) is 0 Å². The summed E-state index contributed by atoms with van der Waals surface area (Å²) in [7, 11) is 1.21. The minimum atomic E-state index is -0.983. The molecule has 0 aliphatic heterocycles. The van der Waals surface area contributed by atoms with Gasteiger partial charge in [-0.15, -0.1) is 0 Å². The minimum absolute atomic E-state index is 0.115. The number of rotatable bonds is 8. The second kappa shape index (κ2) is 9.86. The monoisotopic (exact) mass is 518 g/mol. The van der Waals surface area contributed by atoms with Crippen LogP contribution in [-0.2, 0) is 6.54 Å². The number of carbonyl (C=O) groups is 1. The molecule has 1 amide bonds. The molecule has 33 heavy (non-hydrogen) atoms. The number of phenolic OH excluding ortho intramolecular Hbond substituents is 1. The van der Waals surface area contributed by atoms with E-state index in [1.54, 1.807) is 18.2 Å². The molecule has 0 radical (unpaired) electrons. The first kappa shape index (κ1) is 23.3. The molecule has 3 aromatic rings. The molecule has 13 nitrogen and oxygen atoms in total. The number of nitro groups is 2. The summed E-state index contributed by atoms with van der Waals surface area (Å²) in [5, 5.41) is 40.1. The van der Waals surface area contributed by atoms with Crippen LogP contribution in [0, 0.1) is 20.2 Å². The van der Waals surface area contributed by atoms with Gasteiger partial charge in [-0.3, -0.25) is 29.7 Å². The van der Waals surface area contributed by atoms with Crippen LogP contribution in [0.4, 0.5) is 11.4 Å². The van der Waals surface area contributed by atoms with Gasteiger partial charge in [0.2, 0.25) is 5.69 Å². The number of amides is 1. The van der Waals surface area contributed by atoms with Crippen molar-refractivity contribution in [2.24, 2.45) is 5.10 Å². The Labute approximate surface area is 193 Å². The van der Waals surface area contributed by atoms with Gasteiger partial charge in [-0.25, -0.2) is 5.43 Å². The largest absolute Gasteiger partial charge is 0.504 e. The number of methoxy groups -OCH3 is 1. The predicted molar refractivity (Wildman–Crippen MR) is 118 cm³/mol. The summed E-state index contributed by atoms with van der Waals surface area (Å²) in [6.45, 7) is 0.179. The Bertz CT molecular complexity index is 1270. The first-order valence-corrected chi connectivity index (χ1v) is 9.84. The SMILES string of the molecule is COc1cc([N+](=O)[O-])cc(/C=N/NC(=O)c2nn(Cc3cccc(Br)c3)cc2[N+](=O)[O-])c1O. The Morgan fingerprint density at radius 1 is 1.30 bits per heavy atom. The summed E-state index contributed by atoms with van der Waals surface area (Å²) in [4.78, 5) is 33.4. The molecule has 3 rings (SSSR count). The van der Waals surface area contributed by atoms with E-state index in [1.165, 1.54) is 11.8 Å². The van der Waals surface area contributed by atoms with Gasteiger partial charge in [0.25, 0.3) is 11.6 Å². The van der Waals surface area contributed by atoms with Crippen molar-refractivity contribution in [3.8, 4) is 11.5 Å². The fraction of sp³-hybridized carbons (Fsp3) is 0.105. The molecule has 0 saturated heterocycles. The van der Waals surface area contributed by atoms with E-state index in [1.807, 2.05) is 6.07 Å². The Hall–Kier alpha value is -4.33. The molecule has 170 valence electrons. The summed E-state index contributed by atoms with van der Waals surface area (Å²) in [5.74, 6) is -1.59. The van der Waals surface area contributed by atoms with Crippen molar-refractivity contribution >= 4 is 39.4 Å². The fourth-order valence-electron chi connectivity index (χ4n) is 2.80. The molecule has 1 heterocycles. The van der Waals surface area contributed by atoms with Gasteiger partial charge in [0, 0.05) is 16.1 Å². The molecule has 0 unspecified atom stereocenters. The van der Waals surface area contributed by atoms with E-state index in [0.29, 0.717) is 0 Å². The molecular formula is C19H15BrN6O7. The number of hydrogen-bond acceptors (Lipinski definition) is 9. The van der Waals surface area contributed by atoms with Crippen LogP contribution in [0.25, 0.3) is 0 Å². The van der Waals surface area contributed by atoms with E-state index < -0.39 is 32.9 Å². The molecular weight excluding hydrogens is 504 g/mol. The molecule has 0 spiro atoms. The second-order valence-corrected chi connectivity index (χ2v) is 7.41. The third-order valence-corrected chi connectivity index (χ3v) is 4.77. The highest BCUT2D eigenvalue weighted by Crippen LogP contribution is 2.33. The Balaban J connectivity index is 1.82. The van der Waals surface area contributed by atoms with Crippen molar-refractivity contribution in [1.82, 2.24) is 15.2 Å². The van der Waals surface area contributed by atoms with Gasteiger partial charge in [0.1, 0.15) is 6.20 Å². The average molecular weight is 519 g/mol. The summed E-state index contributed by atoms with van der Waals surface area (Å²) in [6, 6.07) is 9.24. The minimum Gasteiger partial charge on any atom is -0.504 e. The molecule has 2 N–H and O–H groups in total. The van der Waals surface area contributed by atoms with E-state index in [-0.39, 0.29) is 23.5 Å². The number of nitro benzene ring substituents is 1. The molecule has 0 atom stereocenters. The number of hydrogen-bond donors (Lipinski definition) is 2. The average Bonchev–Trinajstić information content (AvgIpc) is 3.19. The van der Waals surface area contributed by atoms with Crippen LogP contribution in [0.15, 0.2) is 52.2 Å². The van der Waals surface area contributed by atoms with E-state index in [0.717, 1.165) is 34.6 Å². The lowest BCUT2D eigenvalue weighted by Gasteiger charge is -2.05. The van der Waals surface area contributed by atoms with Gasteiger partial charge in [-0.1, -0.05) is 28.1 Å². The van der Waals surface area contributed by atoms with Crippen molar-refractivity contribution in [3.05, 3.63) is 84.1 Å². The maximum Gasteiger partial charge on any atom is 0.320 e. The van der Waals surface area contributed by atoms with Crippen LogP contribution in [0.1, 0.15) is 21.6 Å². The van der Waals surface area contributed by atoms with Crippen LogP contribution >= 0.6 is 15.9 Å². The quantitative estimate of drug-likeness (QED) is 0.259. The van der Waals surface area contributed by atoms with Crippen molar-refractivity contribution in [2.75, 3.05) is 7.11 Å². The highest BCUT2D eigenvalue weighted by molar-refractivity contribution is 9.10. The molecule has 0 saturated carbocycles. The number of hydrazone groups is 1. The predicted octanol–water partition coefficient (Wildman–Crippen LogP) is 2.99. The molecule has 14 heteroatoms. The van der Waals surface area contributed by atoms with Gasteiger partial charge in [-0.05, 0) is 17.7 Å². The molecule has 0 aliphatic carbocycles. The highest BCUT2D eigenvalue weighted by Gasteiger charge is 2.25. The molecule has 0 bridgehead atoms. The lowest BCUT2D eigenvalue weighted by atomic mass is 10.2. The topological polar surface area (TPSA) is 175 Å². The maximum absolute atomic E-state index is 12.5. The normalized spacial score (nSPS) is 10.8. The van der Waals surface area contributed by atoms with Crippen LogP contribution < -0.4 is 10.2 Å². The number of phenols is 1. The number of nitrogens with zero attached hydrogens (tertiary/aromatic N) is 5. The zero-order chi connectivity index (χ0) is 24.1. The van der Waals surface area contributed by atoms with E-state index in [4.69, 9.17) is 4.74 Å². The van der Waals surface area contributed by atoms with Crippen molar-refractivity contribution in [2.45, 2.75) is 6.54 Å². The summed E-state index contributed by atoms with van der Waals surface area (Å²) in [6.07, 6.45) is 2.06. The van der Waals surface area contributed by atoms with Crippen molar-refractivity contribution < 1.29 is 24.5 Å². The summed E-state index contributed by atoms with van der Waals surface area (Å²) < 4.78 is 6.94. The maximum atomic E-state index is 12.5. The molecule has 1 aromatic heterocycles. The fourth-order valence-corrected chi connectivity index (χ4v) is 3.24. The number of nitrogens with one attached hydrogen (secondary N) is 1. The first-order valence-electron chi connectivity index (χ1n) is 9.04. The Morgan fingerprint density at radius 3 is 2.70 bits per heavy atom. The number of halogens is 1.